The van der Waals surface area contributed by atoms with E-state index in [4.69, 9.17) is 4.42 Å². The van der Waals surface area contributed by atoms with Gasteiger partial charge >= 0.3 is 0 Å². The molecule has 0 saturated heterocycles. The van der Waals surface area contributed by atoms with Crippen LogP contribution in [0.3, 0.4) is 0 Å². The van der Waals surface area contributed by atoms with E-state index in [0.29, 0.717) is 0 Å². The summed E-state index contributed by atoms with van der Waals surface area (Å²) in [6.07, 6.45) is 1.72. The Morgan fingerprint density at radius 2 is 2.11 bits per heavy atom. The van der Waals surface area contributed by atoms with E-state index >= 15 is 0 Å². The molecular weight excluding hydrogens is 224 g/mol. The van der Waals surface area contributed by atoms with Crippen molar-refractivity contribution in [1.82, 2.24) is 5.32 Å². The van der Waals surface area contributed by atoms with E-state index in [1.165, 1.54) is 16.8 Å². The molecule has 0 unspecified atom stereocenters. The summed E-state index contributed by atoms with van der Waals surface area (Å²) in [7, 11) is 4.06. The molecule has 0 bridgehead atoms. The van der Waals surface area contributed by atoms with Gasteiger partial charge in [-0.05, 0) is 37.7 Å². The molecule has 0 saturated carbocycles. The minimum absolute atomic E-state index is 0.784. The van der Waals surface area contributed by atoms with Gasteiger partial charge in [-0.3, -0.25) is 0 Å². The fraction of sp³-hybridized carbons (Fsp3) is 0.333. The highest BCUT2D eigenvalue weighted by Gasteiger charge is 2.09. The molecule has 3 heteroatoms. The monoisotopic (exact) mass is 244 g/mol. The summed E-state index contributed by atoms with van der Waals surface area (Å²) >= 11 is 0. The summed E-state index contributed by atoms with van der Waals surface area (Å²) in [4.78, 5) is 2.21. The van der Waals surface area contributed by atoms with E-state index in [-0.39, 0.29) is 0 Å². The molecule has 2 rings (SSSR count). The largest absolute Gasteiger partial charge is 0.467 e. The van der Waals surface area contributed by atoms with Crippen LogP contribution in [0.1, 0.15) is 16.9 Å². The van der Waals surface area contributed by atoms with Gasteiger partial charge in [0.15, 0.2) is 0 Å². The first-order chi connectivity index (χ1) is 8.70. The van der Waals surface area contributed by atoms with E-state index in [0.717, 1.165) is 18.8 Å². The Kier molecular flexibility index (Phi) is 4.05. The maximum atomic E-state index is 5.39. The molecule has 18 heavy (non-hydrogen) atoms. The van der Waals surface area contributed by atoms with Crippen molar-refractivity contribution in [2.45, 2.75) is 20.0 Å². The van der Waals surface area contributed by atoms with Gasteiger partial charge in [-0.1, -0.05) is 17.7 Å². The third-order valence-corrected chi connectivity index (χ3v) is 2.99. The molecule has 1 heterocycles. The van der Waals surface area contributed by atoms with Crippen LogP contribution >= 0.6 is 0 Å². The SMILES string of the molecule is CNCc1cc(C)ccc1N(C)Cc1ccco1. The van der Waals surface area contributed by atoms with Crippen LogP contribution in [0.4, 0.5) is 5.69 Å². The lowest BCUT2D eigenvalue weighted by Crippen LogP contribution is -2.19. The maximum absolute atomic E-state index is 5.39. The molecular formula is C15H20N2O. The highest BCUT2D eigenvalue weighted by atomic mass is 16.3. The molecule has 0 aliphatic rings. The number of hydrogen-bond donors (Lipinski definition) is 1. The van der Waals surface area contributed by atoms with Crippen molar-refractivity contribution in [1.29, 1.82) is 0 Å². The highest BCUT2D eigenvalue weighted by molar-refractivity contribution is 5.54. The van der Waals surface area contributed by atoms with E-state index in [9.17, 15) is 0 Å². The molecule has 0 aliphatic carbocycles. The second kappa shape index (κ2) is 5.74. The van der Waals surface area contributed by atoms with Crippen LogP contribution in [0.25, 0.3) is 0 Å². The van der Waals surface area contributed by atoms with Gasteiger partial charge in [0.1, 0.15) is 5.76 Å². The van der Waals surface area contributed by atoms with Gasteiger partial charge in [0.05, 0.1) is 12.8 Å². The summed E-state index contributed by atoms with van der Waals surface area (Å²) in [6, 6.07) is 10.5. The number of anilines is 1. The topological polar surface area (TPSA) is 28.4 Å². The first-order valence-electron chi connectivity index (χ1n) is 6.18. The van der Waals surface area contributed by atoms with Gasteiger partial charge in [-0.2, -0.15) is 0 Å². The summed E-state index contributed by atoms with van der Waals surface area (Å²) in [5, 5.41) is 3.22. The molecule has 96 valence electrons. The lowest BCUT2D eigenvalue weighted by atomic mass is 10.1. The Hall–Kier alpha value is -1.74. The molecule has 1 aromatic carbocycles. The molecule has 3 nitrogen and oxygen atoms in total. The van der Waals surface area contributed by atoms with Crippen molar-refractivity contribution in [3.8, 4) is 0 Å². The van der Waals surface area contributed by atoms with Crippen LogP contribution in [0.2, 0.25) is 0 Å². The van der Waals surface area contributed by atoms with Gasteiger partial charge in [-0.25, -0.2) is 0 Å². The fourth-order valence-electron chi connectivity index (χ4n) is 2.14. The van der Waals surface area contributed by atoms with Crippen molar-refractivity contribution >= 4 is 5.69 Å². The van der Waals surface area contributed by atoms with E-state index in [1.54, 1.807) is 6.26 Å². The number of aryl methyl sites for hydroxylation is 1. The van der Waals surface area contributed by atoms with Crippen molar-refractivity contribution in [3.63, 3.8) is 0 Å². The molecule has 0 atom stereocenters. The predicted octanol–water partition coefficient (Wildman–Crippen LogP) is 2.94. The van der Waals surface area contributed by atoms with Gasteiger partial charge in [-0.15, -0.1) is 0 Å². The summed E-state index contributed by atoms with van der Waals surface area (Å²) in [5.74, 6) is 0.980. The Bertz CT molecular complexity index is 491. The van der Waals surface area contributed by atoms with Gasteiger partial charge in [0.2, 0.25) is 0 Å². The fourth-order valence-corrected chi connectivity index (χ4v) is 2.14. The smallest absolute Gasteiger partial charge is 0.123 e. The zero-order chi connectivity index (χ0) is 13.0. The van der Waals surface area contributed by atoms with Crippen molar-refractivity contribution in [2.24, 2.45) is 0 Å². The standard InChI is InChI=1S/C15H20N2O/c1-12-6-7-15(13(9-12)10-16-2)17(3)11-14-5-4-8-18-14/h4-9,16H,10-11H2,1-3H3. The first-order valence-corrected chi connectivity index (χ1v) is 6.18. The van der Waals surface area contributed by atoms with Crippen molar-refractivity contribution < 1.29 is 4.42 Å². The Labute approximate surface area is 108 Å². The van der Waals surface area contributed by atoms with Crippen LogP contribution < -0.4 is 10.2 Å². The van der Waals surface area contributed by atoms with Crippen molar-refractivity contribution in [2.75, 3.05) is 19.0 Å². The summed E-state index contributed by atoms with van der Waals surface area (Å²) < 4.78 is 5.39. The number of nitrogens with zero attached hydrogens (tertiary/aromatic N) is 1. The number of benzene rings is 1. The first kappa shape index (κ1) is 12.7. The maximum Gasteiger partial charge on any atom is 0.123 e. The van der Waals surface area contributed by atoms with E-state index in [2.05, 4.69) is 42.4 Å². The molecule has 0 radical (unpaired) electrons. The Balaban J connectivity index is 2.20. The van der Waals surface area contributed by atoms with Crippen molar-refractivity contribution in [3.05, 3.63) is 53.5 Å². The van der Waals surface area contributed by atoms with E-state index in [1.807, 2.05) is 19.2 Å². The van der Waals surface area contributed by atoms with E-state index < -0.39 is 0 Å². The summed E-state index contributed by atoms with van der Waals surface area (Å²) in [6.45, 7) is 3.78. The van der Waals surface area contributed by atoms with Crippen LogP contribution in [-0.2, 0) is 13.1 Å². The zero-order valence-corrected chi connectivity index (χ0v) is 11.2. The number of nitrogens with one attached hydrogen (secondary N) is 1. The molecule has 0 aliphatic heterocycles. The number of furan rings is 1. The second-order valence-corrected chi connectivity index (χ2v) is 4.60. The molecule has 1 aromatic heterocycles. The van der Waals surface area contributed by atoms with Crippen LogP contribution in [0, 0.1) is 6.92 Å². The lowest BCUT2D eigenvalue weighted by Gasteiger charge is -2.22. The van der Waals surface area contributed by atoms with Gasteiger partial charge in [0, 0.05) is 19.3 Å². The van der Waals surface area contributed by atoms with Gasteiger partial charge in [0.25, 0.3) is 0 Å². The molecule has 0 fully saturated rings. The van der Waals surface area contributed by atoms with Gasteiger partial charge < -0.3 is 14.6 Å². The predicted molar refractivity (Wildman–Crippen MR) is 74.8 cm³/mol. The third-order valence-electron chi connectivity index (χ3n) is 2.99. The lowest BCUT2D eigenvalue weighted by molar-refractivity contribution is 0.507. The molecule has 2 aromatic rings. The minimum atomic E-state index is 0.784. The third kappa shape index (κ3) is 2.93. The van der Waals surface area contributed by atoms with Crippen LogP contribution in [0.5, 0.6) is 0 Å². The number of hydrogen-bond acceptors (Lipinski definition) is 3. The highest BCUT2D eigenvalue weighted by Crippen LogP contribution is 2.22. The Morgan fingerprint density at radius 1 is 1.28 bits per heavy atom. The second-order valence-electron chi connectivity index (χ2n) is 4.60. The zero-order valence-electron chi connectivity index (χ0n) is 11.2. The number of rotatable bonds is 5. The molecule has 0 spiro atoms. The molecule has 0 amide bonds. The summed E-state index contributed by atoms with van der Waals surface area (Å²) in [5.41, 5.74) is 3.84. The quantitative estimate of drug-likeness (QED) is 0.876. The van der Waals surface area contributed by atoms with Crippen LogP contribution in [-0.4, -0.2) is 14.1 Å². The Morgan fingerprint density at radius 3 is 2.78 bits per heavy atom. The average Bonchev–Trinajstić information content (AvgIpc) is 2.82. The minimum Gasteiger partial charge on any atom is -0.467 e. The molecule has 1 N–H and O–H groups in total. The normalized spacial score (nSPS) is 10.6. The van der Waals surface area contributed by atoms with Crippen LogP contribution in [0.15, 0.2) is 41.0 Å². The average molecular weight is 244 g/mol.